The summed E-state index contributed by atoms with van der Waals surface area (Å²) in [6.45, 7) is 0.116. The molecule has 0 fully saturated rings. The molecule has 0 aliphatic carbocycles. The molecule has 1 amide bonds. The molecule has 3 aromatic carbocycles. The summed E-state index contributed by atoms with van der Waals surface area (Å²) in [6, 6.07) is 18.6. The first kappa shape index (κ1) is 20.9. The van der Waals surface area contributed by atoms with Gasteiger partial charge in [-0.25, -0.2) is 9.82 Å². The Hall–Kier alpha value is -2.83. The van der Waals surface area contributed by atoms with Crippen molar-refractivity contribution in [2.45, 2.75) is 11.5 Å². The lowest BCUT2D eigenvalue weighted by Gasteiger charge is -2.11. The molecule has 0 atom stereocenters. The highest BCUT2D eigenvalue weighted by Crippen LogP contribution is 2.24. The van der Waals surface area contributed by atoms with Crippen LogP contribution in [0.2, 0.25) is 5.02 Å². The summed E-state index contributed by atoms with van der Waals surface area (Å²) in [5, 5.41) is 4.39. The molecule has 0 aliphatic heterocycles. The highest BCUT2D eigenvalue weighted by atomic mass is 35.5. The van der Waals surface area contributed by atoms with Crippen LogP contribution in [0.5, 0.6) is 5.75 Å². The van der Waals surface area contributed by atoms with E-state index in [9.17, 15) is 9.18 Å². The van der Waals surface area contributed by atoms with Crippen molar-refractivity contribution in [1.29, 1.82) is 0 Å². The number of ether oxygens (including phenoxy) is 1. The van der Waals surface area contributed by atoms with Crippen molar-refractivity contribution >= 4 is 35.5 Å². The van der Waals surface area contributed by atoms with E-state index in [0.717, 1.165) is 10.5 Å². The van der Waals surface area contributed by atoms with Crippen LogP contribution in [0.15, 0.2) is 76.7 Å². The summed E-state index contributed by atoms with van der Waals surface area (Å²) in [6.07, 6.45) is 3.56. The average Bonchev–Trinajstić information content (AvgIpc) is 2.73. The number of amides is 1. The van der Waals surface area contributed by atoms with Gasteiger partial charge in [-0.2, -0.15) is 5.10 Å². The second-order valence-corrected chi connectivity index (χ2v) is 7.35. The van der Waals surface area contributed by atoms with Crippen LogP contribution >= 0.6 is 23.4 Å². The summed E-state index contributed by atoms with van der Waals surface area (Å²) in [7, 11) is 0. The molecule has 3 aromatic rings. The predicted octanol–water partition coefficient (Wildman–Crippen LogP) is 5.54. The van der Waals surface area contributed by atoms with E-state index in [1.807, 2.05) is 30.5 Å². The van der Waals surface area contributed by atoms with Crippen LogP contribution in [0.1, 0.15) is 21.5 Å². The molecule has 148 valence electrons. The van der Waals surface area contributed by atoms with Gasteiger partial charge < -0.3 is 4.74 Å². The molecule has 4 nitrogen and oxygen atoms in total. The number of carbonyl (C=O) groups is 1. The van der Waals surface area contributed by atoms with Gasteiger partial charge in [-0.05, 0) is 59.8 Å². The normalized spacial score (nSPS) is 10.9. The maximum atomic E-state index is 13.3. The Bertz CT molecular complexity index is 1030. The monoisotopic (exact) mass is 428 g/mol. The highest BCUT2D eigenvalue weighted by molar-refractivity contribution is 7.98. The van der Waals surface area contributed by atoms with Crippen LogP contribution in [-0.2, 0) is 6.61 Å². The van der Waals surface area contributed by atoms with E-state index in [2.05, 4.69) is 10.5 Å². The Labute approximate surface area is 177 Å². The summed E-state index contributed by atoms with van der Waals surface area (Å²) in [4.78, 5) is 13.7. The Morgan fingerprint density at radius 2 is 1.97 bits per heavy atom. The van der Waals surface area contributed by atoms with Crippen LogP contribution in [0, 0.1) is 5.82 Å². The van der Waals surface area contributed by atoms with Gasteiger partial charge in [-0.15, -0.1) is 11.8 Å². The van der Waals surface area contributed by atoms with Crippen LogP contribution in [-0.4, -0.2) is 18.4 Å². The number of carbonyl (C=O) groups excluding carboxylic acids is 1. The third-order valence-electron chi connectivity index (χ3n) is 3.97. The van der Waals surface area contributed by atoms with Crippen LogP contribution in [0.25, 0.3) is 0 Å². The Morgan fingerprint density at radius 3 is 2.69 bits per heavy atom. The zero-order valence-corrected chi connectivity index (χ0v) is 17.1. The second-order valence-electron chi connectivity index (χ2n) is 6.03. The minimum Gasteiger partial charge on any atom is -0.488 e. The smallest absolute Gasteiger partial charge is 0.275 e. The molecule has 0 saturated heterocycles. The van der Waals surface area contributed by atoms with E-state index in [4.69, 9.17) is 16.3 Å². The van der Waals surface area contributed by atoms with Crippen LogP contribution in [0.4, 0.5) is 4.39 Å². The maximum Gasteiger partial charge on any atom is 0.275 e. The van der Waals surface area contributed by atoms with Gasteiger partial charge in [0.1, 0.15) is 18.2 Å². The molecule has 7 heteroatoms. The largest absolute Gasteiger partial charge is 0.488 e. The van der Waals surface area contributed by atoms with Crippen LogP contribution < -0.4 is 10.2 Å². The number of nitrogens with one attached hydrogen (secondary N) is 1. The fourth-order valence-corrected chi connectivity index (χ4v) is 3.09. The predicted molar refractivity (Wildman–Crippen MR) is 115 cm³/mol. The SMILES string of the molecule is CSc1ccc(/C=N/NC(=O)c2cc(Cl)ccc2OCc2cccc(F)c2)cc1. The fourth-order valence-electron chi connectivity index (χ4n) is 2.51. The summed E-state index contributed by atoms with van der Waals surface area (Å²) in [5.74, 6) is -0.477. The molecule has 29 heavy (non-hydrogen) atoms. The minimum absolute atomic E-state index is 0.116. The van der Waals surface area contributed by atoms with E-state index < -0.39 is 5.91 Å². The molecule has 0 radical (unpaired) electrons. The molecule has 3 rings (SSSR count). The molecular formula is C22H18ClFN2O2S. The van der Waals surface area contributed by atoms with Crippen molar-refractivity contribution in [3.8, 4) is 5.75 Å². The van der Waals surface area contributed by atoms with Crippen molar-refractivity contribution in [1.82, 2.24) is 5.43 Å². The third kappa shape index (κ3) is 6.07. The number of hydrogen-bond acceptors (Lipinski definition) is 4. The number of rotatable bonds is 7. The molecule has 0 saturated carbocycles. The zero-order valence-electron chi connectivity index (χ0n) is 15.6. The highest BCUT2D eigenvalue weighted by Gasteiger charge is 2.13. The third-order valence-corrected chi connectivity index (χ3v) is 4.94. The van der Waals surface area contributed by atoms with Gasteiger partial charge in [0, 0.05) is 9.92 Å². The first-order valence-corrected chi connectivity index (χ1v) is 10.3. The molecule has 0 spiro atoms. The lowest BCUT2D eigenvalue weighted by atomic mass is 10.2. The molecule has 0 unspecified atom stereocenters. The van der Waals surface area contributed by atoms with E-state index in [1.165, 1.54) is 18.2 Å². The van der Waals surface area contributed by atoms with Crippen molar-refractivity contribution < 1.29 is 13.9 Å². The number of thioether (sulfide) groups is 1. The van der Waals surface area contributed by atoms with Crippen molar-refractivity contribution in [3.63, 3.8) is 0 Å². The average molecular weight is 429 g/mol. The molecule has 0 heterocycles. The van der Waals surface area contributed by atoms with Crippen molar-refractivity contribution in [3.05, 3.63) is 94.3 Å². The topological polar surface area (TPSA) is 50.7 Å². The lowest BCUT2D eigenvalue weighted by Crippen LogP contribution is -2.18. The first-order valence-electron chi connectivity index (χ1n) is 8.69. The van der Waals surface area contributed by atoms with E-state index in [0.29, 0.717) is 16.3 Å². The minimum atomic E-state index is -0.460. The number of hydrogen-bond donors (Lipinski definition) is 1. The maximum absolute atomic E-state index is 13.3. The summed E-state index contributed by atoms with van der Waals surface area (Å²) in [5.41, 5.74) is 4.23. The molecule has 1 N–H and O–H groups in total. The number of halogens is 2. The van der Waals surface area contributed by atoms with E-state index in [1.54, 1.807) is 42.2 Å². The van der Waals surface area contributed by atoms with Crippen LogP contribution in [0.3, 0.4) is 0 Å². The first-order chi connectivity index (χ1) is 14.0. The standard InChI is InChI=1S/C22H18ClFN2O2S/c1-29-19-8-5-15(6-9-19)13-25-26-22(27)20-12-17(23)7-10-21(20)28-14-16-3-2-4-18(24)11-16/h2-13H,14H2,1H3,(H,26,27)/b25-13+. The Balaban J connectivity index is 1.68. The van der Waals surface area contributed by atoms with Gasteiger partial charge in [0.05, 0.1) is 11.8 Å². The van der Waals surface area contributed by atoms with Gasteiger partial charge in [0.25, 0.3) is 5.91 Å². The van der Waals surface area contributed by atoms with Gasteiger partial charge in [0.15, 0.2) is 0 Å². The van der Waals surface area contributed by atoms with Gasteiger partial charge in [0.2, 0.25) is 0 Å². The quantitative estimate of drug-likeness (QED) is 0.305. The lowest BCUT2D eigenvalue weighted by molar-refractivity contribution is 0.0950. The molecule has 0 aromatic heterocycles. The Morgan fingerprint density at radius 1 is 1.17 bits per heavy atom. The van der Waals surface area contributed by atoms with E-state index in [-0.39, 0.29) is 18.0 Å². The van der Waals surface area contributed by atoms with Gasteiger partial charge >= 0.3 is 0 Å². The summed E-state index contributed by atoms with van der Waals surface area (Å²) < 4.78 is 19.0. The van der Waals surface area contributed by atoms with Crippen molar-refractivity contribution in [2.24, 2.45) is 5.10 Å². The number of nitrogens with zero attached hydrogens (tertiary/aromatic N) is 1. The van der Waals surface area contributed by atoms with E-state index >= 15 is 0 Å². The Kier molecular flexibility index (Phi) is 7.27. The molecular weight excluding hydrogens is 411 g/mol. The zero-order chi connectivity index (χ0) is 20.6. The van der Waals surface area contributed by atoms with Crippen molar-refractivity contribution in [2.75, 3.05) is 6.26 Å². The number of hydrazone groups is 1. The van der Waals surface area contributed by atoms with Gasteiger partial charge in [-0.1, -0.05) is 35.9 Å². The van der Waals surface area contributed by atoms with Gasteiger partial charge in [-0.3, -0.25) is 4.79 Å². The molecule has 0 aliphatic rings. The number of benzene rings is 3. The summed E-state index contributed by atoms with van der Waals surface area (Å²) >= 11 is 7.68. The second kappa shape index (κ2) is 10.1. The molecule has 0 bridgehead atoms. The fraction of sp³-hybridized carbons (Fsp3) is 0.0909.